The van der Waals surface area contributed by atoms with E-state index in [1.165, 1.54) is 17.0 Å². The minimum Gasteiger partial charge on any atom is -0.484 e. The maximum atomic E-state index is 13.5. The average Bonchev–Trinajstić information content (AvgIpc) is 3.45. The Morgan fingerprint density at radius 3 is 2.24 bits per heavy atom. The van der Waals surface area contributed by atoms with Crippen LogP contribution in [0.4, 0.5) is 0 Å². The number of aryl methyl sites for hydroxylation is 2. The third-order valence-corrected chi connectivity index (χ3v) is 8.93. The molecule has 4 rings (SSSR count). The Kier molecular flexibility index (Phi) is 8.48. The van der Waals surface area contributed by atoms with Gasteiger partial charge < -0.3 is 19.9 Å². The van der Waals surface area contributed by atoms with Gasteiger partial charge in [0.2, 0.25) is 15.2 Å². The fraction of sp³-hybridized carbons (Fsp3) is 0.296. The van der Waals surface area contributed by atoms with E-state index in [9.17, 15) is 22.8 Å². The number of carbonyl (C=O) groups excluding carboxylic acids is 3. The second kappa shape index (κ2) is 11.8. The Hall–Kier alpha value is -3.70. The monoisotopic (exact) mass is 555 g/mol. The number of sulfone groups is 1. The molecule has 1 aliphatic rings. The summed E-state index contributed by atoms with van der Waals surface area (Å²) >= 11 is 1.15. The predicted octanol–water partition coefficient (Wildman–Crippen LogP) is 2.64. The molecule has 3 aromatic rings. The summed E-state index contributed by atoms with van der Waals surface area (Å²) < 4.78 is 32.6. The first kappa shape index (κ1) is 27.3. The largest absolute Gasteiger partial charge is 0.484 e. The van der Waals surface area contributed by atoms with Gasteiger partial charge in [0.15, 0.2) is 6.61 Å². The van der Waals surface area contributed by atoms with E-state index < -0.39 is 27.0 Å². The molecular formula is C27H29N3O6S2. The second-order valence-corrected chi connectivity index (χ2v) is 12.0. The smallest absolute Gasteiger partial charge is 0.262 e. The molecule has 2 heterocycles. The third kappa shape index (κ3) is 6.40. The van der Waals surface area contributed by atoms with Gasteiger partial charge >= 0.3 is 0 Å². The molecule has 200 valence electrons. The number of thiophene rings is 1. The van der Waals surface area contributed by atoms with Crippen LogP contribution in [-0.4, -0.2) is 74.1 Å². The molecule has 1 saturated heterocycles. The third-order valence-electron chi connectivity index (χ3n) is 6.19. The Balaban J connectivity index is 1.44. The Bertz CT molecular complexity index is 1400. The number of hydrogen-bond donors (Lipinski definition) is 1. The summed E-state index contributed by atoms with van der Waals surface area (Å²) in [4.78, 5) is 42.1. The molecule has 1 fully saturated rings. The quantitative estimate of drug-likeness (QED) is 0.457. The number of piperazine rings is 1. The van der Waals surface area contributed by atoms with Crippen LogP contribution in [0.25, 0.3) is 0 Å². The Morgan fingerprint density at radius 2 is 1.61 bits per heavy atom. The molecule has 0 saturated carbocycles. The van der Waals surface area contributed by atoms with E-state index in [2.05, 4.69) is 5.32 Å². The minimum atomic E-state index is -4.24. The summed E-state index contributed by atoms with van der Waals surface area (Å²) in [5, 5.41) is 2.33. The number of ether oxygens (including phenoxy) is 1. The first-order chi connectivity index (χ1) is 18.1. The number of nitrogens with one attached hydrogen (secondary N) is 1. The average molecular weight is 556 g/mol. The lowest BCUT2D eigenvalue weighted by molar-refractivity contribution is -0.140. The number of hydrogen-bond acceptors (Lipinski definition) is 7. The van der Waals surface area contributed by atoms with Gasteiger partial charge in [-0.1, -0.05) is 35.9 Å². The van der Waals surface area contributed by atoms with Crippen molar-refractivity contribution in [2.24, 2.45) is 0 Å². The standard InChI is InChI=1S/C27H29N3O6S2/c1-19-8-10-22(11-9-19)38(34,35)26(28-25(32)23-7-4-16-37-23)27(33)30-14-12-29(13-15-30)24(31)18-36-21-6-3-5-20(2)17-21/h3-11,16-17,26H,12-15,18H2,1-2H3,(H,28,32)/t26-/m0/s1. The number of rotatable bonds is 8. The van der Waals surface area contributed by atoms with Gasteiger partial charge in [-0.2, -0.15) is 0 Å². The van der Waals surface area contributed by atoms with Crippen LogP contribution in [-0.2, 0) is 19.4 Å². The number of benzene rings is 2. The highest BCUT2D eigenvalue weighted by atomic mass is 32.2. The van der Waals surface area contributed by atoms with Crippen LogP contribution in [0.5, 0.6) is 5.75 Å². The number of nitrogens with zero attached hydrogens (tertiary/aromatic N) is 2. The van der Waals surface area contributed by atoms with E-state index in [0.717, 1.165) is 22.5 Å². The minimum absolute atomic E-state index is 0.0601. The normalized spacial score (nSPS) is 14.6. The van der Waals surface area contributed by atoms with Crippen molar-refractivity contribution in [2.45, 2.75) is 24.1 Å². The maximum absolute atomic E-state index is 13.5. The van der Waals surface area contributed by atoms with E-state index in [0.29, 0.717) is 10.6 Å². The van der Waals surface area contributed by atoms with Crippen LogP contribution >= 0.6 is 11.3 Å². The molecule has 0 radical (unpaired) electrons. The molecule has 0 unspecified atom stereocenters. The van der Waals surface area contributed by atoms with E-state index in [1.807, 2.05) is 32.0 Å². The van der Waals surface area contributed by atoms with E-state index in [4.69, 9.17) is 4.74 Å². The van der Waals surface area contributed by atoms with Gasteiger partial charge in [0, 0.05) is 26.2 Å². The van der Waals surface area contributed by atoms with Gasteiger partial charge in [0.05, 0.1) is 9.77 Å². The molecule has 0 aliphatic carbocycles. The summed E-state index contributed by atoms with van der Waals surface area (Å²) in [6.07, 6.45) is 0. The van der Waals surface area contributed by atoms with Crippen LogP contribution in [0.1, 0.15) is 20.8 Å². The molecule has 1 atom stereocenters. The molecule has 1 N–H and O–H groups in total. The first-order valence-corrected chi connectivity index (χ1v) is 14.5. The van der Waals surface area contributed by atoms with Crippen LogP contribution in [0.2, 0.25) is 0 Å². The zero-order valence-corrected chi connectivity index (χ0v) is 22.8. The van der Waals surface area contributed by atoms with Crippen molar-refractivity contribution in [3.05, 3.63) is 82.0 Å². The highest BCUT2D eigenvalue weighted by Gasteiger charge is 2.39. The topological polar surface area (TPSA) is 113 Å². The molecule has 2 aromatic carbocycles. The number of amides is 3. The fourth-order valence-electron chi connectivity index (χ4n) is 4.02. The molecule has 1 aromatic heterocycles. The molecule has 0 spiro atoms. The zero-order chi connectivity index (χ0) is 27.3. The molecular weight excluding hydrogens is 526 g/mol. The van der Waals surface area contributed by atoms with Crippen molar-refractivity contribution in [2.75, 3.05) is 32.8 Å². The van der Waals surface area contributed by atoms with Crippen molar-refractivity contribution in [1.82, 2.24) is 15.1 Å². The highest BCUT2D eigenvalue weighted by Crippen LogP contribution is 2.20. The lowest BCUT2D eigenvalue weighted by Crippen LogP contribution is -2.58. The van der Waals surface area contributed by atoms with Gasteiger partial charge in [-0.05, 0) is 55.1 Å². The summed E-state index contributed by atoms with van der Waals surface area (Å²) in [6.45, 7) is 4.31. The maximum Gasteiger partial charge on any atom is 0.262 e. The second-order valence-electron chi connectivity index (χ2n) is 9.00. The molecule has 3 amide bonds. The number of carbonyl (C=O) groups is 3. The van der Waals surface area contributed by atoms with Gasteiger partial charge in [0.1, 0.15) is 5.75 Å². The van der Waals surface area contributed by atoms with Crippen LogP contribution in [0, 0.1) is 13.8 Å². The molecule has 9 nitrogen and oxygen atoms in total. The van der Waals surface area contributed by atoms with Gasteiger partial charge in [-0.3, -0.25) is 14.4 Å². The molecule has 38 heavy (non-hydrogen) atoms. The van der Waals surface area contributed by atoms with Gasteiger partial charge in [-0.15, -0.1) is 11.3 Å². The van der Waals surface area contributed by atoms with Crippen molar-refractivity contribution in [3.8, 4) is 5.75 Å². The lowest BCUT2D eigenvalue weighted by Gasteiger charge is -2.36. The summed E-state index contributed by atoms with van der Waals surface area (Å²) in [5.41, 5.74) is 1.88. The SMILES string of the molecule is Cc1ccc(S(=O)(=O)[C@H](NC(=O)c2cccs2)C(=O)N2CCN(C(=O)COc3cccc(C)c3)CC2)cc1. The van der Waals surface area contributed by atoms with Crippen molar-refractivity contribution < 1.29 is 27.5 Å². The summed E-state index contributed by atoms with van der Waals surface area (Å²) in [5.74, 6) is -1.01. The van der Waals surface area contributed by atoms with Crippen LogP contribution in [0.15, 0.2) is 70.9 Å². The summed E-state index contributed by atoms with van der Waals surface area (Å²) in [6, 6.07) is 16.7. The van der Waals surface area contributed by atoms with E-state index >= 15 is 0 Å². The Labute approximate surface area is 225 Å². The van der Waals surface area contributed by atoms with Crippen LogP contribution < -0.4 is 10.1 Å². The molecule has 11 heteroatoms. The van der Waals surface area contributed by atoms with E-state index in [-0.39, 0.29) is 43.6 Å². The fourth-order valence-corrected chi connectivity index (χ4v) is 6.11. The van der Waals surface area contributed by atoms with Gasteiger partial charge in [0.25, 0.3) is 17.7 Å². The highest BCUT2D eigenvalue weighted by molar-refractivity contribution is 7.92. The first-order valence-electron chi connectivity index (χ1n) is 12.1. The predicted molar refractivity (Wildman–Crippen MR) is 144 cm³/mol. The van der Waals surface area contributed by atoms with Gasteiger partial charge in [-0.25, -0.2) is 8.42 Å². The van der Waals surface area contributed by atoms with Crippen molar-refractivity contribution in [1.29, 1.82) is 0 Å². The summed E-state index contributed by atoms with van der Waals surface area (Å²) in [7, 11) is -4.24. The van der Waals surface area contributed by atoms with E-state index in [1.54, 1.807) is 40.6 Å². The van der Waals surface area contributed by atoms with Crippen molar-refractivity contribution >= 4 is 38.9 Å². The zero-order valence-electron chi connectivity index (χ0n) is 21.1. The Morgan fingerprint density at radius 1 is 0.921 bits per heavy atom. The van der Waals surface area contributed by atoms with Crippen LogP contribution in [0.3, 0.4) is 0 Å². The lowest BCUT2D eigenvalue weighted by atomic mass is 10.2. The molecule has 0 bridgehead atoms. The molecule has 1 aliphatic heterocycles. The van der Waals surface area contributed by atoms with Crippen molar-refractivity contribution in [3.63, 3.8) is 0 Å².